The molecule has 1 heterocycles. The lowest BCUT2D eigenvalue weighted by molar-refractivity contribution is 0.0954. The molecular weight excluding hydrogens is 370 g/mol. The van der Waals surface area contributed by atoms with Crippen molar-refractivity contribution < 1.29 is 9.53 Å². The molecule has 2 fully saturated rings. The lowest BCUT2D eigenvalue weighted by atomic mass is 9.70. The fraction of sp³-hybridized carbons (Fsp3) is 0.500. The van der Waals surface area contributed by atoms with Crippen LogP contribution in [0.4, 0.5) is 0 Å². The van der Waals surface area contributed by atoms with Crippen molar-refractivity contribution in [3.8, 4) is 5.75 Å². The number of nitrogens with one attached hydrogen (secondary N) is 1. The van der Waals surface area contributed by atoms with Crippen LogP contribution in [0, 0.1) is 23.7 Å². The molecule has 4 rings (SSSR count). The third kappa shape index (κ3) is 3.24. The average Bonchev–Trinajstić information content (AvgIpc) is 3.25. The van der Waals surface area contributed by atoms with Crippen molar-refractivity contribution in [2.75, 3.05) is 0 Å². The molecule has 2 saturated carbocycles. The minimum Gasteiger partial charge on any atom is -0.487 e. The van der Waals surface area contributed by atoms with Crippen molar-refractivity contribution >= 4 is 23.0 Å². The quantitative estimate of drug-likeness (QED) is 0.725. The Balaban J connectivity index is 1.36. The van der Waals surface area contributed by atoms with Gasteiger partial charge in [0, 0.05) is 22.1 Å². The van der Waals surface area contributed by atoms with E-state index in [1.807, 2.05) is 24.4 Å². The van der Waals surface area contributed by atoms with E-state index in [1.54, 1.807) is 23.5 Å². The molecule has 0 spiro atoms. The second-order valence-electron chi connectivity index (χ2n) is 8.66. The summed E-state index contributed by atoms with van der Waals surface area (Å²) in [5.74, 6) is 1.21. The number of hydrazone groups is 1. The Hall–Kier alpha value is -2.21. The summed E-state index contributed by atoms with van der Waals surface area (Å²) in [6.07, 6.45) is 3.41. The normalized spacial score (nSPS) is 26.6. The highest BCUT2D eigenvalue weighted by atomic mass is 32.1. The number of amides is 1. The van der Waals surface area contributed by atoms with Gasteiger partial charge in [-0.05, 0) is 61.8 Å². The van der Waals surface area contributed by atoms with Gasteiger partial charge in [0.1, 0.15) is 12.4 Å². The van der Waals surface area contributed by atoms with E-state index in [9.17, 15) is 4.79 Å². The SMILES string of the molecule is Cc1nc(COc2ccc(C(=O)N/N=C3/C[C@@H]4CC[C@@]3(C)C4(C)C)cc2)cs1. The van der Waals surface area contributed by atoms with E-state index in [1.165, 1.54) is 6.42 Å². The van der Waals surface area contributed by atoms with E-state index in [0.717, 1.165) is 35.0 Å². The van der Waals surface area contributed by atoms with Crippen LogP contribution in [-0.4, -0.2) is 16.6 Å². The van der Waals surface area contributed by atoms with Crippen molar-refractivity contribution in [3.05, 3.63) is 45.9 Å². The summed E-state index contributed by atoms with van der Waals surface area (Å²) >= 11 is 1.61. The first-order valence-corrected chi connectivity index (χ1v) is 10.7. The van der Waals surface area contributed by atoms with E-state index in [4.69, 9.17) is 4.74 Å². The molecule has 148 valence electrons. The first kappa shape index (κ1) is 19.1. The van der Waals surface area contributed by atoms with Crippen molar-refractivity contribution in [2.24, 2.45) is 21.8 Å². The van der Waals surface area contributed by atoms with Gasteiger partial charge in [-0.3, -0.25) is 4.79 Å². The number of fused-ring (bicyclic) bond motifs is 2. The summed E-state index contributed by atoms with van der Waals surface area (Å²) in [7, 11) is 0. The van der Waals surface area contributed by atoms with Gasteiger partial charge in [-0.25, -0.2) is 10.4 Å². The molecule has 0 aliphatic heterocycles. The fourth-order valence-corrected chi connectivity index (χ4v) is 5.21. The van der Waals surface area contributed by atoms with Crippen LogP contribution in [0.3, 0.4) is 0 Å². The summed E-state index contributed by atoms with van der Waals surface area (Å²) in [5.41, 5.74) is 5.75. The van der Waals surface area contributed by atoms with Gasteiger partial charge in [-0.1, -0.05) is 20.8 Å². The molecular formula is C22H27N3O2S. The predicted octanol–water partition coefficient (Wildman–Crippen LogP) is 4.96. The van der Waals surface area contributed by atoms with Gasteiger partial charge in [-0.2, -0.15) is 5.10 Å². The maximum atomic E-state index is 12.5. The van der Waals surface area contributed by atoms with E-state index in [-0.39, 0.29) is 16.7 Å². The molecule has 2 aliphatic carbocycles. The van der Waals surface area contributed by atoms with E-state index in [2.05, 4.69) is 36.3 Å². The van der Waals surface area contributed by atoms with Crippen molar-refractivity contribution in [2.45, 2.75) is 53.6 Å². The highest BCUT2D eigenvalue weighted by Crippen LogP contribution is 2.63. The summed E-state index contributed by atoms with van der Waals surface area (Å²) in [6.45, 7) is 9.37. The van der Waals surface area contributed by atoms with Gasteiger partial charge in [0.05, 0.1) is 10.7 Å². The van der Waals surface area contributed by atoms with Gasteiger partial charge in [0.2, 0.25) is 0 Å². The molecule has 1 N–H and O–H groups in total. The van der Waals surface area contributed by atoms with Crippen LogP contribution in [0.5, 0.6) is 5.75 Å². The molecule has 1 aromatic carbocycles. The molecule has 0 unspecified atom stereocenters. The molecule has 6 heteroatoms. The van der Waals surface area contributed by atoms with Gasteiger partial charge in [-0.15, -0.1) is 11.3 Å². The number of carbonyl (C=O) groups is 1. The maximum Gasteiger partial charge on any atom is 0.271 e. The third-order valence-corrected chi connectivity index (χ3v) is 7.80. The summed E-state index contributed by atoms with van der Waals surface area (Å²) < 4.78 is 5.74. The zero-order chi connectivity index (χ0) is 19.9. The van der Waals surface area contributed by atoms with Gasteiger partial charge < -0.3 is 4.74 Å². The number of carbonyl (C=O) groups excluding carboxylic acids is 1. The second-order valence-corrected chi connectivity index (χ2v) is 9.73. The number of benzene rings is 1. The zero-order valence-corrected chi connectivity index (χ0v) is 17.7. The Labute approximate surface area is 170 Å². The topological polar surface area (TPSA) is 63.6 Å². The minimum absolute atomic E-state index is 0.0939. The first-order chi connectivity index (χ1) is 13.3. The van der Waals surface area contributed by atoms with Crippen molar-refractivity contribution in [3.63, 3.8) is 0 Å². The highest BCUT2D eigenvalue weighted by molar-refractivity contribution is 7.09. The number of hydrogen-bond donors (Lipinski definition) is 1. The lowest BCUT2D eigenvalue weighted by Crippen LogP contribution is -2.34. The molecule has 0 saturated heterocycles. The Morgan fingerprint density at radius 2 is 2.07 bits per heavy atom. The Morgan fingerprint density at radius 3 is 2.64 bits per heavy atom. The van der Waals surface area contributed by atoms with E-state index in [0.29, 0.717) is 18.1 Å². The standard InChI is InChI=1S/C22H27N3O2S/c1-14-23-17(13-28-14)12-27-18-7-5-15(6-8-18)20(26)25-24-19-11-16-9-10-22(19,4)21(16,2)3/h5-8,13,16H,9-12H2,1-4H3,(H,25,26)/b24-19-/t16-,22+/m0/s1. The van der Waals surface area contributed by atoms with Crippen molar-refractivity contribution in [1.82, 2.24) is 10.4 Å². The summed E-state index contributed by atoms with van der Waals surface area (Å²) in [6, 6.07) is 7.15. The number of aromatic nitrogens is 1. The second kappa shape index (κ2) is 6.99. The molecule has 0 radical (unpaired) electrons. The third-order valence-electron chi connectivity index (χ3n) is 6.97. The van der Waals surface area contributed by atoms with Crippen LogP contribution >= 0.6 is 11.3 Å². The number of rotatable bonds is 5. The highest BCUT2D eigenvalue weighted by Gasteiger charge is 2.60. The number of nitrogens with zero attached hydrogens (tertiary/aromatic N) is 2. The van der Waals surface area contributed by atoms with Crippen LogP contribution < -0.4 is 10.2 Å². The average molecular weight is 398 g/mol. The molecule has 2 bridgehead atoms. The number of thiazole rings is 1. The monoisotopic (exact) mass is 397 g/mol. The summed E-state index contributed by atoms with van der Waals surface area (Å²) in [5, 5.41) is 7.55. The molecule has 1 aromatic heterocycles. The van der Waals surface area contributed by atoms with Gasteiger partial charge >= 0.3 is 0 Å². The Morgan fingerprint density at radius 1 is 1.32 bits per heavy atom. The smallest absolute Gasteiger partial charge is 0.271 e. The zero-order valence-electron chi connectivity index (χ0n) is 16.9. The molecule has 2 aliphatic rings. The molecule has 28 heavy (non-hydrogen) atoms. The van der Waals surface area contributed by atoms with Crippen LogP contribution in [-0.2, 0) is 6.61 Å². The predicted molar refractivity (Wildman–Crippen MR) is 112 cm³/mol. The molecule has 5 nitrogen and oxygen atoms in total. The lowest BCUT2D eigenvalue weighted by Gasteiger charge is -2.34. The largest absolute Gasteiger partial charge is 0.487 e. The molecule has 2 aromatic rings. The van der Waals surface area contributed by atoms with Crippen LogP contribution in [0.2, 0.25) is 0 Å². The van der Waals surface area contributed by atoms with Gasteiger partial charge in [0.15, 0.2) is 0 Å². The van der Waals surface area contributed by atoms with Gasteiger partial charge in [0.25, 0.3) is 5.91 Å². The van der Waals surface area contributed by atoms with Crippen LogP contribution in [0.25, 0.3) is 0 Å². The van der Waals surface area contributed by atoms with E-state index >= 15 is 0 Å². The van der Waals surface area contributed by atoms with E-state index < -0.39 is 0 Å². The van der Waals surface area contributed by atoms with Crippen LogP contribution in [0.15, 0.2) is 34.7 Å². The number of aryl methyl sites for hydroxylation is 1. The summed E-state index contributed by atoms with van der Waals surface area (Å²) in [4.78, 5) is 16.9. The maximum absolute atomic E-state index is 12.5. The fourth-order valence-electron chi connectivity index (χ4n) is 4.61. The van der Waals surface area contributed by atoms with Crippen LogP contribution in [0.1, 0.15) is 61.1 Å². The molecule has 2 atom stereocenters. The Bertz CT molecular complexity index is 916. The minimum atomic E-state index is -0.182. The number of hydrogen-bond acceptors (Lipinski definition) is 5. The number of ether oxygens (including phenoxy) is 1. The molecule has 1 amide bonds. The van der Waals surface area contributed by atoms with Crippen molar-refractivity contribution in [1.29, 1.82) is 0 Å². The first-order valence-electron chi connectivity index (χ1n) is 9.81. The Kier molecular flexibility index (Phi) is 4.78.